The summed E-state index contributed by atoms with van der Waals surface area (Å²) >= 11 is 0. The smallest absolute Gasteiger partial charge is 0.269 e. The lowest BCUT2D eigenvalue weighted by Gasteiger charge is -2.04. The predicted molar refractivity (Wildman–Crippen MR) is 117 cm³/mol. The number of nitro benzene ring substituents is 1. The molecular formula is C24H18N2O4. The van der Waals surface area contributed by atoms with Crippen molar-refractivity contribution in [2.45, 2.75) is 0 Å². The first kappa shape index (κ1) is 20.4. The Balaban J connectivity index is 1.64. The number of hydrogen-bond donors (Lipinski definition) is 1. The molecule has 0 spiro atoms. The van der Waals surface area contributed by atoms with Gasteiger partial charge in [-0.1, -0.05) is 48.5 Å². The number of benzene rings is 3. The fraction of sp³-hybridized carbons (Fsp3) is 0. The van der Waals surface area contributed by atoms with Crippen LogP contribution >= 0.6 is 0 Å². The Morgan fingerprint density at radius 2 is 1.47 bits per heavy atom. The van der Waals surface area contributed by atoms with Crippen LogP contribution in [0, 0.1) is 10.1 Å². The van der Waals surface area contributed by atoms with Crippen LogP contribution in [0.3, 0.4) is 0 Å². The molecule has 30 heavy (non-hydrogen) atoms. The van der Waals surface area contributed by atoms with Gasteiger partial charge in [0.1, 0.15) is 0 Å². The topological polar surface area (TPSA) is 89.3 Å². The number of anilines is 1. The normalized spacial score (nSPS) is 10.9. The lowest BCUT2D eigenvalue weighted by atomic mass is 10.1. The van der Waals surface area contributed by atoms with E-state index in [1.165, 1.54) is 24.3 Å². The van der Waals surface area contributed by atoms with Gasteiger partial charge in [0.25, 0.3) is 5.69 Å². The molecule has 0 aliphatic heterocycles. The maximum absolute atomic E-state index is 12.4. The van der Waals surface area contributed by atoms with Crippen LogP contribution in [0.25, 0.3) is 12.2 Å². The number of allylic oxidation sites excluding steroid dienone is 1. The van der Waals surface area contributed by atoms with E-state index in [2.05, 4.69) is 5.32 Å². The van der Waals surface area contributed by atoms with E-state index in [-0.39, 0.29) is 17.4 Å². The van der Waals surface area contributed by atoms with Crippen molar-refractivity contribution in [1.82, 2.24) is 0 Å². The third-order valence-electron chi connectivity index (χ3n) is 4.17. The van der Waals surface area contributed by atoms with Crippen LogP contribution in [0.15, 0.2) is 91.0 Å². The number of hydrogen-bond acceptors (Lipinski definition) is 4. The molecule has 0 aliphatic rings. The number of ketones is 1. The van der Waals surface area contributed by atoms with Crippen molar-refractivity contribution in [3.63, 3.8) is 0 Å². The number of nitrogens with one attached hydrogen (secondary N) is 1. The minimum atomic E-state index is -0.479. The molecule has 0 atom stereocenters. The molecular weight excluding hydrogens is 380 g/mol. The fourth-order valence-corrected chi connectivity index (χ4v) is 2.65. The Hall–Kier alpha value is -4.32. The Kier molecular flexibility index (Phi) is 6.63. The Morgan fingerprint density at radius 3 is 2.17 bits per heavy atom. The van der Waals surface area contributed by atoms with Crippen LogP contribution in [0.4, 0.5) is 11.4 Å². The van der Waals surface area contributed by atoms with Crippen LogP contribution in [0.2, 0.25) is 0 Å². The summed E-state index contributed by atoms with van der Waals surface area (Å²) < 4.78 is 0. The van der Waals surface area contributed by atoms with Gasteiger partial charge in [-0.2, -0.15) is 0 Å². The van der Waals surface area contributed by atoms with E-state index < -0.39 is 4.92 Å². The first-order valence-corrected chi connectivity index (χ1v) is 9.12. The molecule has 0 bridgehead atoms. The molecule has 0 aliphatic carbocycles. The van der Waals surface area contributed by atoms with Gasteiger partial charge in [-0.3, -0.25) is 19.7 Å². The first-order valence-electron chi connectivity index (χ1n) is 9.12. The van der Waals surface area contributed by atoms with Gasteiger partial charge >= 0.3 is 0 Å². The summed E-state index contributed by atoms with van der Waals surface area (Å²) in [5.41, 5.74) is 2.49. The molecule has 6 nitrogen and oxygen atoms in total. The third kappa shape index (κ3) is 5.84. The summed E-state index contributed by atoms with van der Waals surface area (Å²) in [5.74, 6) is -0.547. The number of carbonyl (C=O) groups is 2. The highest BCUT2D eigenvalue weighted by molar-refractivity contribution is 6.08. The fourth-order valence-electron chi connectivity index (χ4n) is 2.65. The van der Waals surface area contributed by atoms with Gasteiger partial charge in [0.05, 0.1) is 4.92 Å². The van der Waals surface area contributed by atoms with Crippen LogP contribution < -0.4 is 5.32 Å². The van der Waals surface area contributed by atoms with Crippen LogP contribution in [-0.2, 0) is 4.79 Å². The van der Waals surface area contributed by atoms with Gasteiger partial charge in [-0.05, 0) is 47.5 Å². The van der Waals surface area contributed by atoms with Crippen molar-refractivity contribution < 1.29 is 14.5 Å². The highest BCUT2D eigenvalue weighted by atomic mass is 16.6. The molecule has 0 fully saturated rings. The summed E-state index contributed by atoms with van der Waals surface area (Å²) in [6.07, 6.45) is 6.10. The van der Waals surface area contributed by atoms with Crippen molar-refractivity contribution in [2.24, 2.45) is 0 Å². The van der Waals surface area contributed by atoms with Crippen LogP contribution in [0.5, 0.6) is 0 Å². The van der Waals surface area contributed by atoms with E-state index in [1.807, 2.05) is 30.3 Å². The molecule has 3 aromatic rings. The van der Waals surface area contributed by atoms with Gasteiger partial charge < -0.3 is 5.32 Å². The molecule has 0 saturated carbocycles. The third-order valence-corrected chi connectivity index (χ3v) is 4.17. The average Bonchev–Trinajstić information content (AvgIpc) is 2.77. The minimum Gasteiger partial charge on any atom is -0.322 e. The average molecular weight is 398 g/mol. The van der Waals surface area contributed by atoms with E-state index in [4.69, 9.17) is 0 Å². The van der Waals surface area contributed by atoms with Gasteiger partial charge in [-0.25, -0.2) is 0 Å². The zero-order chi connectivity index (χ0) is 21.3. The van der Waals surface area contributed by atoms with Crippen molar-refractivity contribution in [3.8, 4) is 0 Å². The molecule has 0 unspecified atom stereocenters. The molecule has 0 aromatic heterocycles. The molecule has 148 valence electrons. The quantitative estimate of drug-likeness (QED) is 0.258. The maximum atomic E-state index is 12.4. The van der Waals surface area contributed by atoms with Crippen molar-refractivity contribution in [3.05, 3.63) is 118 Å². The number of nitro groups is 1. The van der Waals surface area contributed by atoms with Crippen LogP contribution in [-0.4, -0.2) is 16.6 Å². The van der Waals surface area contributed by atoms with Gasteiger partial charge in [0.2, 0.25) is 5.91 Å². The number of amides is 1. The van der Waals surface area contributed by atoms with Crippen molar-refractivity contribution in [2.75, 3.05) is 5.32 Å². The summed E-state index contributed by atoms with van der Waals surface area (Å²) in [7, 11) is 0. The Labute approximate surface area is 173 Å². The highest BCUT2D eigenvalue weighted by Gasteiger charge is 2.06. The molecule has 3 aromatic carbocycles. The lowest BCUT2D eigenvalue weighted by Crippen LogP contribution is -2.08. The molecule has 0 heterocycles. The molecule has 1 amide bonds. The van der Waals surface area contributed by atoms with E-state index in [0.717, 1.165) is 5.56 Å². The minimum absolute atomic E-state index is 0.0109. The van der Waals surface area contributed by atoms with E-state index in [9.17, 15) is 19.7 Å². The number of non-ortho nitro benzene ring substituents is 1. The van der Waals surface area contributed by atoms with Gasteiger partial charge in [0, 0.05) is 29.5 Å². The zero-order valence-corrected chi connectivity index (χ0v) is 15.9. The second kappa shape index (κ2) is 9.75. The lowest BCUT2D eigenvalue weighted by molar-refractivity contribution is -0.384. The molecule has 1 N–H and O–H groups in total. The summed E-state index contributed by atoms with van der Waals surface area (Å²) in [5, 5.41) is 13.4. The van der Waals surface area contributed by atoms with E-state index in [1.54, 1.807) is 48.6 Å². The Bertz CT molecular complexity index is 1120. The Morgan fingerprint density at radius 1 is 0.800 bits per heavy atom. The monoisotopic (exact) mass is 398 g/mol. The molecule has 0 radical (unpaired) electrons. The molecule has 0 saturated heterocycles. The second-order valence-corrected chi connectivity index (χ2v) is 6.36. The second-order valence-electron chi connectivity index (χ2n) is 6.36. The summed E-state index contributed by atoms with van der Waals surface area (Å²) in [4.78, 5) is 34.7. The van der Waals surface area contributed by atoms with E-state index in [0.29, 0.717) is 16.8 Å². The van der Waals surface area contributed by atoms with Crippen LogP contribution in [0.1, 0.15) is 21.5 Å². The van der Waals surface area contributed by atoms with Gasteiger partial charge in [0.15, 0.2) is 5.78 Å². The number of nitrogens with zero attached hydrogens (tertiary/aromatic N) is 1. The summed E-state index contributed by atoms with van der Waals surface area (Å²) in [6.45, 7) is 0. The maximum Gasteiger partial charge on any atom is 0.269 e. The van der Waals surface area contributed by atoms with Crippen molar-refractivity contribution in [1.29, 1.82) is 0 Å². The standard InChI is InChI=1S/C24H18N2O4/c27-23(15-11-19-9-13-22(14-10-19)26(29)30)20-7-4-8-21(17-20)25-24(28)16-12-18-5-2-1-3-6-18/h1-17H,(H,25,28)/b15-11+,16-12?. The zero-order valence-electron chi connectivity index (χ0n) is 15.9. The largest absolute Gasteiger partial charge is 0.322 e. The first-order chi connectivity index (χ1) is 14.5. The van der Waals surface area contributed by atoms with E-state index >= 15 is 0 Å². The van der Waals surface area contributed by atoms with Gasteiger partial charge in [-0.15, -0.1) is 0 Å². The SMILES string of the molecule is O=C(C=Cc1ccccc1)Nc1cccc(C(=O)/C=C/c2ccc([N+](=O)[O-])cc2)c1. The predicted octanol–water partition coefficient (Wildman–Crippen LogP) is 5.14. The molecule has 3 rings (SSSR count). The van der Waals surface area contributed by atoms with Crippen molar-refractivity contribution >= 4 is 35.2 Å². The number of rotatable bonds is 7. The molecule has 6 heteroatoms. The summed E-state index contributed by atoms with van der Waals surface area (Å²) in [6, 6.07) is 22.0. The highest BCUT2D eigenvalue weighted by Crippen LogP contribution is 2.15. The number of carbonyl (C=O) groups excluding carboxylic acids is 2.